The van der Waals surface area contributed by atoms with Crippen molar-refractivity contribution < 1.29 is 23.5 Å². The summed E-state index contributed by atoms with van der Waals surface area (Å²) in [4.78, 5) is 28.0. The van der Waals surface area contributed by atoms with Gasteiger partial charge < -0.3 is 13.9 Å². The Balaban J connectivity index is 1.75. The molecule has 1 aliphatic rings. The largest absolute Gasteiger partial charge is 0.497 e. The van der Waals surface area contributed by atoms with Gasteiger partial charge in [0.05, 0.1) is 29.6 Å². The summed E-state index contributed by atoms with van der Waals surface area (Å²) < 4.78 is 16.2. The molecular weight excluding hydrogens is 402 g/mol. The molecule has 2 heterocycles. The second kappa shape index (κ2) is 11.0. The third-order valence-electron chi connectivity index (χ3n) is 4.76. The zero-order chi connectivity index (χ0) is 21.3. The Morgan fingerprint density at radius 1 is 1.03 bits per heavy atom. The van der Waals surface area contributed by atoms with E-state index in [4.69, 9.17) is 13.9 Å². The summed E-state index contributed by atoms with van der Waals surface area (Å²) in [5.41, 5.74) is 1.14. The number of rotatable bonds is 12. The van der Waals surface area contributed by atoms with Crippen molar-refractivity contribution in [3.63, 3.8) is 0 Å². The number of amides is 2. The van der Waals surface area contributed by atoms with E-state index in [1.807, 2.05) is 18.2 Å². The maximum atomic E-state index is 13.1. The number of ether oxygens (including phenoxy) is 2. The molecule has 0 saturated heterocycles. The Labute approximate surface area is 181 Å². The fourth-order valence-corrected chi connectivity index (χ4v) is 4.15. The van der Waals surface area contributed by atoms with Crippen LogP contribution in [0.25, 0.3) is 5.57 Å². The maximum absolute atomic E-state index is 13.1. The monoisotopic (exact) mass is 429 g/mol. The average Bonchev–Trinajstić information content (AvgIpc) is 3.36. The van der Waals surface area contributed by atoms with E-state index in [0.717, 1.165) is 18.6 Å². The van der Waals surface area contributed by atoms with Crippen molar-refractivity contribution in [2.24, 2.45) is 0 Å². The van der Waals surface area contributed by atoms with Gasteiger partial charge in [0.15, 0.2) is 0 Å². The van der Waals surface area contributed by atoms with Crippen LogP contribution in [0.5, 0.6) is 5.75 Å². The molecule has 2 aromatic rings. The molecule has 0 N–H and O–H groups in total. The lowest BCUT2D eigenvalue weighted by molar-refractivity contribution is -0.136. The van der Waals surface area contributed by atoms with Crippen LogP contribution in [0.4, 0.5) is 0 Å². The number of hydrogen-bond acceptors (Lipinski definition) is 6. The number of carbonyl (C=O) groups excluding carboxylic acids is 2. The van der Waals surface area contributed by atoms with E-state index in [-0.39, 0.29) is 11.8 Å². The SMILES string of the molecule is CCCCOCCCN1C(=O)C(SCc2ccco2)=C(c2ccc(OC)cc2)C1=O. The lowest BCUT2D eigenvalue weighted by atomic mass is 10.1. The van der Waals surface area contributed by atoms with E-state index in [1.165, 1.54) is 16.7 Å². The molecule has 7 heteroatoms. The summed E-state index contributed by atoms with van der Waals surface area (Å²) in [6.45, 7) is 3.69. The number of unbranched alkanes of at least 4 members (excludes halogenated alkanes) is 1. The summed E-state index contributed by atoms with van der Waals surface area (Å²) in [6, 6.07) is 10.9. The number of furan rings is 1. The molecule has 1 aromatic heterocycles. The molecule has 0 radical (unpaired) electrons. The van der Waals surface area contributed by atoms with Crippen LogP contribution in [0.3, 0.4) is 0 Å². The van der Waals surface area contributed by atoms with Crippen LogP contribution in [0.15, 0.2) is 52.0 Å². The van der Waals surface area contributed by atoms with Crippen LogP contribution in [0.1, 0.15) is 37.5 Å². The third-order valence-corrected chi connectivity index (χ3v) is 5.85. The van der Waals surface area contributed by atoms with Crippen LogP contribution < -0.4 is 4.74 Å². The summed E-state index contributed by atoms with van der Waals surface area (Å²) in [5, 5.41) is 0. The van der Waals surface area contributed by atoms with Crippen molar-refractivity contribution in [3.8, 4) is 5.75 Å². The number of methoxy groups -OCH3 is 1. The van der Waals surface area contributed by atoms with Gasteiger partial charge >= 0.3 is 0 Å². The number of thioether (sulfide) groups is 1. The van der Waals surface area contributed by atoms with E-state index in [1.54, 1.807) is 31.6 Å². The van der Waals surface area contributed by atoms with Crippen molar-refractivity contribution in [1.82, 2.24) is 4.90 Å². The number of benzene rings is 1. The predicted octanol–water partition coefficient (Wildman–Crippen LogP) is 4.51. The Morgan fingerprint density at radius 2 is 1.80 bits per heavy atom. The minimum atomic E-state index is -0.263. The number of hydrogen-bond donors (Lipinski definition) is 0. The standard InChI is InChI=1S/C23H27NO5S/c1-3-4-13-28-14-6-12-24-22(25)20(17-8-10-18(27-2)11-9-17)21(23(24)26)30-16-19-7-5-15-29-19/h5,7-11,15H,3-4,6,12-14,16H2,1-2H3. The molecule has 160 valence electrons. The van der Waals surface area contributed by atoms with Gasteiger partial charge in [-0.1, -0.05) is 25.5 Å². The molecular formula is C23H27NO5S. The van der Waals surface area contributed by atoms with Gasteiger partial charge in [-0.3, -0.25) is 14.5 Å². The molecule has 3 rings (SSSR count). The summed E-state index contributed by atoms with van der Waals surface area (Å²) in [6.07, 6.45) is 4.31. The summed E-state index contributed by atoms with van der Waals surface area (Å²) in [5.74, 6) is 1.41. The second-order valence-corrected chi connectivity index (χ2v) is 7.87. The highest BCUT2D eigenvalue weighted by molar-refractivity contribution is 8.03. The van der Waals surface area contributed by atoms with Crippen LogP contribution in [0.2, 0.25) is 0 Å². The van der Waals surface area contributed by atoms with Crippen LogP contribution in [-0.4, -0.2) is 43.6 Å². The first-order valence-electron chi connectivity index (χ1n) is 10.1. The first-order chi connectivity index (χ1) is 14.7. The maximum Gasteiger partial charge on any atom is 0.267 e. The zero-order valence-corrected chi connectivity index (χ0v) is 18.2. The van der Waals surface area contributed by atoms with Crippen LogP contribution in [-0.2, 0) is 20.1 Å². The molecule has 6 nitrogen and oxygen atoms in total. The van der Waals surface area contributed by atoms with Gasteiger partial charge in [0, 0.05) is 19.8 Å². The van der Waals surface area contributed by atoms with Gasteiger partial charge in [0.1, 0.15) is 11.5 Å². The number of imide groups is 1. The van der Waals surface area contributed by atoms with Crippen molar-refractivity contribution >= 4 is 29.1 Å². The first kappa shape index (κ1) is 22.2. The molecule has 0 spiro atoms. The lowest BCUT2D eigenvalue weighted by Crippen LogP contribution is -2.33. The minimum Gasteiger partial charge on any atom is -0.497 e. The fourth-order valence-electron chi connectivity index (χ4n) is 3.11. The molecule has 0 aliphatic carbocycles. The highest BCUT2D eigenvalue weighted by atomic mass is 32.2. The molecule has 1 aliphatic heterocycles. The Kier molecular flexibility index (Phi) is 8.16. The molecule has 0 unspecified atom stereocenters. The van der Waals surface area contributed by atoms with Crippen LogP contribution >= 0.6 is 11.8 Å². The molecule has 0 fully saturated rings. The molecule has 0 atom stereocenters. The second-order valence-electron chi connectivity index (χ2n) is 6.88. The topological polar surface area (TPSA) is 69.0 Å². The highest BCUT2D eigenvalue weighted by Gasteiger charge is 2.38. The normalized spacial score (nSPS) is 14.1. The highest BCUT2D eigenvalue weighted by Crippen LogP contribution is 2.38. The van der Waals surface area contributed by atoms with Crippen molar-refractivity contribution in [2.75, 3.05) is 26.9 Å². The number of carbonyl (C=O) groups is 2. The van der Waals surface area contributed by atoms with E-state index in [0.29, 0.717) is 53.7 Å². The zero-order valence-electron chi connectivity index (χ0n) is 17.4. The van der Waals surface area contributed by atoms with Crippen molar-refractivity contribution in [3.05, 3.63) is 58.9 Å². The molecule has 0 bridgehead atoms. The van der Waals surface area contributed by atoms with Gasteiger partial charge in [-0.15, -0.1) is 11.8 Å². The van der Waals surface area contributed by atoms with Crippen molar-refractivity contribution in [1.29, 1.82) is 0 Å². The van der Waals surface area contributed by atoms with E-state index in [9.17, 15) is 9.59 Å². The molecule has 30 heavy (non-hydrogen) atoms. The smallest absolute Gasteiger partial charge is 0.267 e. The number of nitrogens with zero attached hydrogens (tertiary/aromatic N) is 1. The Morgan fingerprint density at radius 3 is 2.47 bits per heavy atom. The van der Waals surface area contributed by atoms with Crippen molar-refractivity contribution in [2.45, 2.75) is 31.9 Å². The fraction of sp³-hybridized carbons (Fsp3) is 0.391. The Hall–Kier alpha value is -2.51. The summed E-state index contributed by atoms with van der Waals surface area (Å²) in [7, 11) is 1.59. The van der Waals surface area contributed by atoms with E-state index in [2.05, 4.69) is 6.92 Å². The lowest BCUT2D eigenvalue weighted by Gasteiger charge is -2.15. The summed E-state index contributed by atoms with van der Waals surface area (Å²) >= 11 is 1.33. The van der Waals surface area contributed by atoms with E-state index >= 15 is 0 Å². The van der Waals surface area contributed by atoms with Gasteiger partial charge in [-0.2, -0.15) is 0 Å². The Bertz CT molecular complexity index is 874. The predicted molar refractivity (Wildman–Crippen MR) is 117 cm³/mol. The molecule has 2 amide bonds. The van der Waals surface area contributed by atoms with Gasteiger partial charge in [-0.05, 0) is 42.7 Å². The van der Waals surface area contributed by atoms with Crippen LogP contribution in [0, 0.1) is 0 Å². The van der Waals surface area contributed by atoms with Gasteiger partial charge in [0.2, 0.25) is 0 Å². The quantitative estimate of drug-likeness (QED) is 0.365. The van der Waals surface area contributed by atoms with E-state index < -0.39 is 0 Å². The first-order valence-corrected chi connectivity index (χ1v) is 11.1. The average molecular weight is 430 g/mol. The minimum absolute atomic E-state index is 0.254. The third kappa shape index (κ3) is 5.34. The molecule has 1 aromatic carbocycles. The van der Waals surface area contributed by atoms with Gasteiger partial charge in [0.25, 0.3) is 11.8 Å². The molecule has 0 saturated carbocycles. The van der Waals surface area contributed by atoms with Gasteiger partial charge in [-0.25, -0.2) is 0 Å².